The molecule has 2 aromatic carbocycles. The second-order valence-electron chi connectivity index (χ2n) is 5.45. The normalized spacial score (nSPS) is 11.2. The number of halogens is 2. The highest BCUT2D eigenvalue weighted by molar-refractivity contribution is 7.92. The Hall–Kier alpha value is -2.71. The molecule has 0 saturated carbocycles. The molecular formula is C17H14ClFN4O2S. The zero-order valence-electron chi connectivity index (χ0n) is 13.6. The molecule has 2 N–H and O–H groups in total. The van der Waals surface area contributed by atoms with Crippen LogP contribution >= 0.6 is 11.6 Å². The molecule has 9 heteroatoms. The minimum Gasteiger partial charge on any atom is -0.339 e. The summed E-state index contributed by atoms with van der Waals surface area (Å²) in [7, 11) is -3.90. The molecule has 0 aliphatic rings. The Bertz CT molecular complexity index is 1040. The van der Waals surface area contributed by atoms with Crippen molar-refractivity contribution in [2.24, 2.45) is 0 Å². The van der Waals surface area contributed by atoms with Gasteiger partial charge in [-0.25, -0.2) is 12.8 Å². The van der Waals surface area contributed by atoms with Crippen LogP contribution in [0.2, 0.25) is 5.02 Å². The third-order valence-electron chi connectivity index (χ3n) is 3.43. The van der Waals surface area contributed by atoms with Gasteiger partial charge in [0.1, 0.15) is 5.82 Å². The van der Waals surface area contributed by atoms with Crippen molar-refractivity contribution in [2.75, 3.05) is 10.0 Å². The average Bonchev–Trinajstić information content (AvgIpc) is 2.56. The fourth-order valence-corrected chi connectivity index (χ4v) is 3.69. The van der Waals surface area contributed by atoms with Gasteiger partial charge in [0.2, 0.25) is 0 Å². The first-order chi connectivity index (χ1) is 12.3. The molecule has 0 unspecified atom stereocenters. The highest BCUT2D eigenvalue weighted by atomic mass is 35.5. The second kappa shape index (κ2) is 7.27. The number of nitrogens with zero attached hydrogens (tertiary/aromatic N) is 2. The molecule has 1 aromatic heterocycles. The summed E-state index contributed by atoms with van der Waals surface area (Å²) in [6, 6.07) is 13.5. The van der Waals surface area contributed by atoms with Crippen molar-refractivity contribution in [2.45, 2.75) is 11.8 Å². The maximum Gasteiger partial charge on any atom is 0.263 e. The van der Waals surface area contributed by atoms with E-state index in [9.17, 15) is 12.8 Å². The van der Waals surface area contributed by atoms with Crippen molar-refractivity contribution in [3.05, 3.63) is 71.0 Å². The number of benzene rings is 2. The van der Waals surface area contributed by atoms with Gasteiger partial charge >= 0.3 is 0 Å². The molecule has 0 radical (unpaired) electrons. The van der Waals surface area contributed by atoms with Crippen LogP contribution in [0.25, 0.3) is 0 Å². The van der Waals surface area contributed by atoms with E-state index in [4.69, 9.17) is 11.6 Å². The van der Waals surface area contributed by atoms with Crippen LogP contribution in [0.3, 0.4) is 0 Å². The van der Waals surface area contributed by atoms with E-state index in [1.165, 1.54) is 19.1 Å². The standard InChI is InChI=1S/C17H14ClFN4O2S/c1-11-9-13(19)5-6-15(11)26(24,25)23-17-8-7-16(21-22-17)20-14-4-2-3-12(18)10-14/h2-10H,1H3,(H,20,21)(H,22,23). The second-order valence-corrected chi connectivity index (χ2v) is 7.54. The lowest BCUT2D eigenvalue weighted by molar-refractivity contribution is 0.598. The molecule has 3 rings (SSSR count). The number of anilines is 3. The Morgan fingerprint density at radius 3 is 2.38 bits per heavy atom. The SMILES string of the molecule is Cc1cc(F)ccc1S(=O)(=O)Nc1ccc(Nc2cccc(Cl)c2)nn1. The first kappa shape index (κ1) is 18.1. The van der Waals surface area contributed by atoms with Gasteiger partial charge < -0.3 is 5.32 Å². The molecule has 6 nitrogen and oxygen atoms in total. The summed E-state index contributed by atoms with van der Waals surface area (Å²) in [6.07, 6.45) is 0. The van der Waals surface area contributed by atoms with E-state index in [-0.39, 0.29) is 10.7 Å². The van der Waals surface area contributed by atoms with Gasteiger partial charge in [0.15, 0.2) is 11.6 Å². The maximum absolute atomic E-state index is 13.2. The van der Waals surface area contributed by atoms with E-state index in [0.29, 0.717) is 16.4 Å². The average molecular weight is 393 g/mol. The van der Waals surface area contributed by atoms with E-state index < -0.39 is 15.8 Å². The molecule has 134 valence electrons. The molecule has 0 fully saturated rings. The molecule has 0 atom stereocenters. The predicted octanol–water partition coefficient (Wildman–Crippen LogP) is 4.12. The van der Waals surface area contributed by atoms with Gasteiger partial charge in [-0.3, -0.25) is 4.72 Å². The van der Waals surface area contributed by atoms with Crippen molar-refractivity contribution in [3.8, 4) is 0 Å². The van der Waals surface area contributed by atoms with Gasteiger partial charge in [-0.1, -0.05) is 17.7 Å². The summed E-state index contributed by atoms with van der Waals surface area (Å²) < 4.78 is 40.3. The highest BCUT2D eigenvalue weighted by Crippen LogP contribution is 2.21. The summed E-state index contributed by atoms with van der Waals surface area (Å²) in [5.41, 5.74) is 1.02. The Morgan fingerprint density at radius 2 is 1.73 bits per heavy atom. The number of sulfonamides is 1. The van der Waals surface area contributed by atoms with Crippen molar-refractivity contribution in [1.82, 2.24) is 10.2 Å². The van der Waals surface area contributed by atoms with E-state index in [0.717, 1.165) is 17.8 Å². The van der Waals surface area contributed by atoms with Gasteiger partial charge in [-0.15, -0.1) is 10.2 Å². The van der Waals surface area contributed by atoms with Crippen molar-refractivity contribution >= 4 is 38.9 Å². The summed E-state index contributed by atoms with van der Waals surface area (Å²) >= 11 is 5.91. The van der Waals surface area contributed by atoms with Gasteiger partial charge in [0, 0.05) is 10.7 Å². The molecule has 0 aliphatic carbocycles. The Morgan fingerprint density at radius 1 is 1.00 bits per heavy atom. The fraction of sp³-hybridized carbons (Fsp3) is 0.0588. The van der Waals surface area contributed by atoms with Crippen LogP contribution in [0, 0.1) is 12.7 Å². The van der Waals surface area contributed by atoms with E-state index >= 15 is 0 Å². The predicted molar refractivity (Wildman–Crippen MR) is 98.7 cm³/mol. The summed E-state index contributed by atoms with van der Waals surface area (Å²) in [5, 5.41) is 11.3. The van der Waals surface area contributed by atoms with Crippen molar-refractivity contribution in [1.29, 1.82) is 0 Å². The molecule has 26 heavy (non-hydrogen) atoms. The van der Waals surface area contributed by atoms with Crippen LogP contribution in [-0.4, -0.2) is 18.6 Å². The minimum absolute atomic E-state index is 0.0261. The third kappa shape index (κ3) is 4.27. The smallest absolute Gasteiger partial charge is 0.263 e. The number of aromatic nitrogens is 2. The van der Waals surface area contributed by atoms with Crippen LogP contribution < -0.4 is 10.0 Å². The number of aryl methyl sites for hydroxylation is 1. The highest BCUT2D eigenvalue weighted by Gasteiger charge is 2.18. The third-order valence-corrected chi connectivity index (χ3v) is 5.18. The van der Waals surface area contributed by atoms with E-state index in [1.807, 2.05) is 6.07 Å². The zero-order valence-corrected chi connectivity index (χ0v) is 15.1. The summed E-state index contributed by atoms with van der Waals surface area (Å²) in [4.78, 5) is -0.0261. The molecular weight excluding hydrogens is 379 g/mol. The monoisotopic (exact) mass is 392 g/mol. The van der Waals surface area contributed by atoms with Crippen LogP contribution in [0.5, 0.6) is 0 Å². The van der Waals surface area contributed by atoms with Crippen LogP contribution in [0.15, 0.2) is 59.5 Å². The Labute approximate surface area is 155 Å². The van der Waals surface area contributed by atoms with Gasteiger partial charge in [0.05, 0.1) is 4.90 Å². The molecule has 0 bridgehead atoms. The largest absolute Gasteiger partial charge is 0.339 e. The Balaban J connectivity index is 1.76. The maximum atomic E-state index is 13.2. The first-order valence-electron chi connectivity index (χ1n) is 7.49. The molecule has 3 aromatic rings. The van der Waals surface area contributed by atoms with Gasteiger partial charge in [0.25, 0.3) is 10.0 Å². The molecule has 0 aliphatic heterocycles. The minimum atomic E-state index is -3.90. The number of nitrogens with one attached hydrogen (secondary N) is 2. The van der Waals surface area contributed by atoms with Crippen LogP contribution in [-0.2, 0) is 10.0 Å². The van der Waals surface area contributed by atoms with E-state index in [1.54, 1.807) is 24.3 Å². The summed E-state index contributed by atoms with van der Waals surface area (Å²) in [5.74, 6) is -0.0313. The van der Waals surface area contributed by atoms with E-state index in [2.05, 4.69) is 20.2 Å². The molecule has 0 saturated heterocycles. The molecule has 0 amide bonds. The quantitative estimate of drug-likeness (QED) is 0.682. The molecule has 0 spiro atoms. The topological polar surface area (TPSA) is 84.0 Å². The van der Waals surface area contributed by atoms with Crippen molar-refractivity contribution in [3.63, 3.8) is 0 Å². The Kier molecular flexibility index (Phi) is 5.06. The summed E-state index contributed by atoms with van der Waals surface area (Å²) in [6.45, 7) is 1.52. The van der Waals surface area contributed by atoms with Gasteiger partial charge in [-0.2, -0.15) is 0 Å². The molecule has 1 heterocycles. The lowest BCUT2D eigenvalue weighted by Gasteiger charge is -2.10. The van der Waals surface area contributed by atoms with Crippen LogP contribution in [0.1, 0.15) is 5.56 Å². The fourth-order valence-electron chi connectivity index (χ4n) is 2.27. The van der Waals surface area contributed by atoms with Crippen LogP contribution in [0.4, 0.5) is 21.7 Å². The lowest BCUT2D eigenvalue weighted by atomic mass is 10.2. The van der Waals surface area contributed by atoms with Gasteiger partial charge in [-0.05, 0) is 61.0 Å². The first-order valence-corrected chi connectivity index (χ1v) is 9.35. The number of hydrogen-bond acceptors (Lipinski definition) is 5. The number of hydrogen-bond donors (Lipinski definition) is 2. The zero-order chi connectivity index (χ0) is 18.7. The number of rotatable bonds is 5. The lowest BCUT2D eigenvalue weighted by Crippen LogP contribution is -2.15. The van der Waals surface area contributed by atoms with Crippen molar-refractivity contribution < 1.29 is 12.8 Å².